The van der Waals surface area contributed by atoms with E-state index in [-0.39, 0.29) is 22.6 Å². The van der Waals surface area contributed by atoms with Gasteiger partial charge in [0.2, 0.25) is 15.9 Å². The summed E-state index contributed by atoms with van der Waals surface area (Å²) in [5, 5.41) is 12.1. The van der Waals surface area contributed by atoms with Gasteiger partial charge >= 0.3 is 0 Å². The minimum Gasteiger partial charge on any atom is -0.353 e. The van der Waals surface area contributed by atoms with Crippen LogP contribution in [0.25, 0.3) is 11.4 Å². The van der Waals surface area contributed by atoms with E-state index < -0.39 is 10.0 Å². The van der Waals surface area contributed by atoms with Crippen LogP contribution in [0.1, 0.15) is 32.8 Å². The van der Waals surface area contributed by atoms with Crippen molar-refractivity contribution in [2.75, 3.05) is 18.8 Å². The number of hydrogen-bond donors (Lipinski definition) is 1. The molecule has 2 aromatic carbocycles. The predicted octanol–water partition coefficient (Wildman–Crippen LogP) is 3.74. The summed E-state index contributed by atoms with van der Waals surface area (Å²) in [6.07, 6.45) is 1.77. The summed E-state index contributed by atoms with van der Waals surface area (Å²) in [6, 6.07) is 17.0. The van der Waals surface area contributed by atoms with Crippen molar-refractivity contribution in [2.45, 2.75) is 49.7 Å². The van der Waals surface area contributed by atoms with Crippen molar-refractivity contribution >= 4 is 27.7 Å². The summed E-state index contributed by atoms with van der Waals surface area (Å²) in [5.41, 5.74) is 1.91. The van der Waals surface area contributed by atoms with Gasteiger partial charge in [0.15, 0.2) is 11.0 Å². The molecule has 35 heavy (non-hydrogen) atoms. The Morgan fingerprint density at radius 2 is 1.80 bits per heavy atom. The molecule has 3 rings (SSSR count). The third kappa shape index (κ3) is 6.93. The maximum atomic E-state index is 12.9. The van der Waals surface area contributed by atoms with Gasteiger partial charge in [0.25, 0.3) is 0 Å². The van der Waals surface area contributed by atoms with Crippen LogP contribution in [0.2, 0.25) is 0 Å². The smallest absolute Gasteiger partial charge is 0.243 e. The van der Waals surface area contributed by atoms with Crippen LogP contribution in [0, 0.1) is 0 Å². The fraction of sp³-hybridized carbons (Fsp3) is 0.400. The Kier molecular flexibility index (Phi) is 9.47. The first-order valence-corrected chi connectivity index (χ1v) is 14.1. The van der Waals surface area contributed by atoms with Gasteiger partial charge in [-0.25, -0.2) is 8.42 Å². The average Bonchev–Trinajstić information content (AvgIpc) is 3.23. The monoisotopic (exact) mass is 515 g/mol. The number of nitrogens with one attached hydrogen (secondary N) is 1. The SMILES string of the molecule is CCN(CC)S(=O)(=O)c1cccc(-c2nnc(SCC(=O)NC(C)CCc3ccccc3)n2C)c1. The van der Waals surface area contributed by atoms with E-state index in [2.05, 4.69) is 27.6 Å². The highest BCUT2D eigenvalue weighted by molar-refractivity contribution is 7.99. The molecule has 0 spiro atoms. The van der Waals surface area contributed by atoms with Crippen molar-refractivity contribution in [3.8, 4) is 11.4 Å². The molecule has 0 saturated carbocycles. The number of amides is 1. The van der Waals surface area contributed by atoms with Gasteiger partial charge in [0, 0.05) is 31.7 Å². The maximum absolute atomic E-state index is 12.9. The molecule has 1 atom stereocenters. The predicted molar refractivity (Wildman–Crippen MR) is 140 cm³/mol. The molecule has 1 amide bonds. The van der Waals surface area contributed by atoms with E-state index in [9.17, 15) is 13.2 Å². The van der Waals surface area contributed by atoms with Crippen molar-refractivity contribution in [3.63, 3.8) is 0 Å². The van der Waals surface area contributed by atoms with E-state index in [1.165, 1.54) is 21.6 Å². The fourth-order valence-corrected chi connectivity index (χ4v) is 5.97. The molecule has 8 nitrogen and oxygen atoms in total. The van der Waals surface area contributed by atoms with Crippen molar-refractivity contribution in [2.24, 2.45) is 7.05 Å². The van der Waals surface area contributed by atoms with Crippen LogP contribution in [0.15, 0.2) is 64.6 Å². The van der Waals surface area contributed by atoms with Crippen molar-refractivity contribution in [3.05, 3.63) is 60.2 Å². The summed E-state index contributed by atoms with van der Waals surface area (Å²) in [4.78, 5) is 12.7. The topological polar surface area (TPSA) is 97.2 Å². The van der Waals surface area contributed by atoms with Gasteiger partial charge < -0.3 is 9.88 Å². The Balaban J connectivity index is 1.61. The maximum Gasteiger partial charge on any atom is 0.243 e. The van der Waals surface area contributed by atoms with Gasteiger partial charge in [-0.1, -0.05) is 68.1 Å². The van der Waals surface area contributed by atoms with Crippen LogP contribution < -0.4 is 5.32 Å². The molecule has 0 radical (unpaired) electrons. The largest absolute Gasteiger partial charge is 0.353 e. The number of sulfonamides is 1. The minimum absolute atomic E-state index is 0.0626. The van der Waals surface area contributed by atoms with Gasteiger partial charge in [-0.15, -0.1) is 10.2 Å². The first-order chi connectivity index (χ1) is 16.8. The zero-order chi connectivity index (χ0) is 25.4. The Morgan fingerprint density at radius 1 is 1.09 bits per heavy atom. The lowest BCUT2D eigenvalue weighted by Crippen LogP contribution is -2.34. The molecule has 1 N–H and O–H groups in total. The highest BCUT2D eigenvalue weighted by atomic mass is 32.2. The summed E-state index contributed by atoms with van der Waals surface area (Å²) in [7, 11) is -1.77. The second-order valence-electron chi connectivity index (χ2n) is 8.26. The summed E-state index contributed by atoms with van der Waals surface area (Å²) in [6.45, 7) is 6.45. The molecule has 0 bridgehead atoms. The van der Waals surface area contributed by atoms with E-state index in [4.69, 9.17) is 0 Å². The molecule has 1 unspecified atom stereocenters. The highest BCUT2D eigenvalue weighted by Crippen LogP contribution is 2.26. The number of aromatic nitrogens is 3. The lowest BCUT2D eigenvalue weighted by atomic mass is 10.1. The molecule has 0 aliphatic heterocycles. The van der Waals surface area contributed by atoms with Crippen LogP contribution >= 0.6 is 11.8 Å². The Bertz CT molecular complexity index is 1220. The van der Waals surface area contributed by atoms with Crippen molar-refractivity contribution < 1.29 is 13.2 Å². The van der Waals surface area contributed by atoms with Gasteiger partial charge in [-0.3, -0.25) is 4.79 Å². The van der Waals surface area contributed by atoms with Crippen LogP contribution in [0.4, 0.5) is 0 Å². The van der Waals surface area contributed by atoms with Gasteiger partial charge in [0.05, 0.1) is 10.6 Å². The zero-order valence-corrected chi connectivity index (χ0v) is 22.3. The molecule has 0 aliphatic rings. The zero-order valence-electron chi connectivity index (χ0n) is 20.6. The first kappa shape index (κ1) is 26.9. The number of carbonyl (C=O) groups excluding carboxylic acids is 1. The first-order valence-electron chi connectivity index (χ1n) is 11.7. The molecule has 10 heteroatoms. The minimum atomic E-state index is -3.58. The fourth-order valence-electron chi connectivity index (χ4n) is 3.75. The molecule has 0 aliphatic carbocycles. The van der Waals surface area contributed by atoms with Crippen LogP contribution in [0.3, 0.4) is 0 Å². The lowest BCUT2D eigenvalue weighted by molar-refractivity contribution is -0.119. The standard InChI is InChI=1S/C25H33N5O3S2/c1-5-30(6-2)35(32,33)22-14-10-13-21(17-22)24-27-28-25(29(24)4)34-18-23(31)26-19(3)15-16-20-11-8-7-9-12-20/h7-14,17,19H,5-6,15-16,18H2,1-4H3,(H,26,31). The average molecular weight is 516 g/mol. The van der Waals surface area contributed by atoms with E-state index in [1.807, 2.05) is 46.0 Å². The van der Waals surface area contributed by atoms with Gasteiger partial charge in [-0.2, -0.15) is 4.31 Å². The van der Waals surface area contributed by atoms with Gasteiger partial charge in [-0.05, 0) is 37.5 Å². The Hall–Kier alpha value is -2.69. The van der Waals surface area contributed by atoms with E-state index in [0.29, 0.717) is 29.6 Å². The number of hydrogen-bond acceptors (Lipinski definition) is 6. The lowest BCUT2D eigenvalue weighted by Gasteiger charge is -2.18. The second kappa shape index (κ2) is 12.3. The third-order valence-electron chi connectivity index (χ3n) is 5.72. The van der Waals surface area contributed by atoms with E-state index >= 15 is 0 Å². The van der Waals surface area contributed by atoms with Gasteiger partial charge in [0.1, 0.15) is 0 Å². The Morgan fingerprint density at radius 3 is 2.49 bits per heavy atom. The van der Waals surface area contributed by atoms with Crippen LogP contribution in [-0.2, 0) is 28.3 Å². The quantitative estimate of drug-likeness (QED) is 0.369. The third-order valence-corrected chi connectivity index (χ3v) is 8.79. The molecular weight excluding hydrogens is 482 g/mol. The molecule has 1 heterocycles. The second-order valence-corrected chi connectivity index (χ2v) is 11.1. The molecule has 0 saturated heterocycles. The molecule has 0 fully saturated rings. The number of nitrogens with zero attached hydrogens (tertiary/aromatic N) is 4. The number of carbonyl (C=O) groups is 1. The molecule has 3 aromatic rings. The van der Waals surface area contributed by atoms with Crippen LogP contribution in [0.5, 0.6) is 0 Å². The summed E-state index contributed by atoms with van der Waals surface area (Å²) < 4.78 is 29.0. The number of aryl methyl sites for hydroxylation is 1. The van der Waals surface area contributed by atoms with Crippen LogP contribution in [-0.4, -0.2) is 58.3 Å². The highest BCUT2D eigenvalue weighted by Gasteiger charge is 2.23. The van der Waals surface area contributed by atoms with E-state index in [1.54, 1.807) is 28.8 Å². The summed E-state index contributed by atoms with van der Waals surface area (Å²) in [5.74, 6) is 0.700. The Labute approximate surface area is 212 Å². The summed E-state index contributed by atoms with van der Waals surface area (Å²) >= 11 is 1.30. The molecule has 188 valence electrons. The van der Waals surface area contributed by atoms with Crippen molar-refractivity contribution in [1.82, 2.24) is 24.4 Å². The molecule has 1 aromatic heterocycles. The molecular formula is C25H33N5O3S2. The van der Waals surface area contributed by atoms with E-state index in [0.717, 1.165) is 12.8 Å². The van der Waals surface area contributed by atoms with Crippen molar-refractivity contribution in [1.29, 1.82) is 0 Å². The number of thioether (sulfide) groups is 1. The number of benzene rings is 2. The number of rotatable bonds is 12. The normalized spacial score (nSPS) is 12.6.